The maximum atomic E-state index is 8.56. The number of hydrogen-bond donors (Lipinski definition) is 10. The van der Waals surface area contributed by atoms with Crippen LogP contribution in [0.15, 0.2) is 0 Å². The zero-order valence-electron chi connectivity index (χ0n) is 9.01. The molecule has 0 aromatic heterocycles. The van der Waals surface area contributed by atoms with Crippen molar-refractivity contribution in [2.24, 2.45) is 0 Å². The molecule has 0 saturated heterocycles. The molecule has 0 heterocycles. The van der Waals surface area contributed by atoms with Crippen molar-refractivity contribution >= 4 is 1060 Å². The van der Waals surface area contributed by atoms with E-state index >= 15 is 0 Å². The van der Waals surface area contributed by atoms with Crippen molar-refractivity contribution in [1.29, 1.82) is 0 Å². The topological polar surface area (TPSA) is 288 Å². The number of carbonyl (C=O) groups is 5. The molecule has 0 spiro atoms. The molecule has 0 radical (unpaired) electrons. The summed E-state index contributed by atoms with van der Waals surface area (Å²) < 4.78 is 0. The van der Waals surface area contributed by atoms with Crippen LogP contribution in [0.3, 0.4) is 0 Å². The molecule has 0 bridgehead atoms. The van der Waals surface area contributed by atoms with Crippen LogP contribution in [0.5, 0.6) is 0 Å². The van der Waals surface area contributed by atoms with E-state index in [0.717, 1.165) is 0 Å². The van der Waals surface area contributed by atoms with Gasteiger partial charge in [0.25, 0.3) is 0 Å². The molecule has 10 N–H and O–H groups in total. The van der Waals surface area contributed by atoms with Crippen LogP contribution in [0.4, 0.5) is 24.0 Å². The van der Waals surface area contributed by atoms with Gasteiger partial charge in [-0.1, -0.05) is 0 Å². The van der Waals surface area contributed by atoms with Gasteiger partial charge in [0.15, 0.2) is 0 Å². The van der Waals surface area contributed by atoms with Crippen LogP contribution in [-0.4, -0.2) is 1110 Å². The average molecular weight is 1110 g/mol. The third-order valence-corrected chi connectivity index (χ3v) is 0. The molecule has 0 aliphatic heterocycles. The van der Waals surface area contributed by atoms with Crippen molar-refractivity contribution in [2.45, 2.75) is 0 Å². The molecule has 0 aliphatic rings. The molecular weight excluding hydrogens is 1080 g/mol. The Morgan fingerprint density at radius 2 is 0.175 bits per heavy atom. The van der Waals surface area contributed by atoms with Gasteiger partial charge in [0.05, 0.1) is 0 Å². The quantitative estimate of drug-likeness (QED) is 0.101. The Bertz CT molecular complexity index is 241. The summed E-state index contributed by atoms with van der Waals surface area (Å²) >= 11 is 0. The molecule has 0 rings (SSSR count). The molecule has 15 nitrogen and oxygen atoms in total. The molecule has 0 atom stereocenters. The first-order valence-corrected chi connectivity index (χ1v) is 3.26. The van der Waals surface area contributed by atoms with Crippen molar-refractivity contribution in [3.63, 3.8) is 0 Å². The molecule has 35 heteroatoms. The monoisotopic (exact) mass is 1110 g/mol. The molecule has 0 aromatic rings. The second kappa shape index (κ2) is 158. The number of hydrogen-bond acceptors (Lipinski definition) is 5. The normalized spacial score (nSPS) is 3.00. The van der Waals surface area contributed by atoms with Crippen LogP contribution in [0.2, 0.25) is 0 Å². The molecule has 0 aliphatic carbocycles. The minimum absolute atomic E-state index is 0. The number of carboxylic acid groups (broad SMARTS) is 10. The van der Waals surface area contributed by atoms with E-state index in [-0.39, 0.29) is 1030 Å². The van der Waals surface area contributed by atoms with Crippen LogP contribution in [0.1, 0.15) is 0 Å². The van der Waals surface area contributed by atoms with Crippen LogP contribution in [-0.2, 0) is 0 Å². The van der Waals surface area contributed by atoms with Gasteiger partial charge in [-0.25, -0.2) is 24.0 Å². The van der Waals surface area contributed by atoms with Crippen molar-refractivity contribution in [3.05, 3.63) is 0 Å². The van der Waals surface area contributed by atoms with E-state index in [1.54, 1.807) is 0 Å². The first-order valence-electron chi connectivity index (χ1n) is 3.26. The van der Waals surface area contributed by atoms with E-state index in [1.807, 2.05) is 0 Å². The second-order valence-corrected chi connectivity index (χ2v) is 1.41. The fourth-order valence-corrected chi connectivity index (χ4v) is 0. The SMILES string of the molecule is O=C(O)O.O=C(O)O.O=C(O)O.O=C(O)O.O=C(O)O.[KH].[KH].[KH].[KH].[KH].[KH].[KH].[KH].[KH].[KH].[KH].[KH].[KH].[KH].[KH].[KH].[KH].[KH].[KH].[KH]. The van der Waals surface area contributed by atoms with Gasteiger partial charge in [0.2, 0.25) is 0 Å². The van der Waals surface area contributed by atoms with E-state index in [2.05, 4.69) is 0 Å². The summed E-state index contributed by atoms with van der Waals surface area (Å²) in [6.07, 6.45) is -9.17. The third kappa shape index (κ3) is 346. The zero-order chi connectivity index (χ0) is 17.9. The van der Waals surface area contributed by atoms with E-state index < -0.39 is 30.8 Å². The second-order valence-electron chi connectivity index (χ2n) is 1.41. The van der Waals surface area contributed by atoms with Crippen molar-refractivity contribution in [3.8, 4) is 0 Å². The predicted octanol–water partition coefficient (Wildman–Crippen LogP) is -11.9. The maximum absolute atomic E-state index is 8.56. The van der Waals surface area contributed by atoms with Crippen LogP contribution < -0.4 is 0 Å². The summed E-state index contributed by atoms with van der Waals surface area (Å²) in [5, 5.41) is 69.7. The third-order valence-electron chi connectivity index (χ3n) is 0. The molecule has 40 heavy (non-hydrogen) atoms. The predicted molar refractivity (Wildman–Crippen MR) is 196 cm³/mol. The van der Waals surface area contributed by atoms with E-state index in [1.165, 1.54) is 0 Å². The van der Waals surface area contributed by atoms with Gasteiger partial charge in [-0.15, -0.1) is 0 Å². The fraction of sp³-hybridized carbons (Fsp3) is 0. The van der Waals surface area contributed by atoms with Gasteiger partial charge >= 0.3 is 1060 Å². The van der Waals surface area contributed by atoms with E-state index in [0.29, 0.717) is 0 Å². The zero-order valence-corrected chi connectivity index (χ0v) is 9.01. The number of rotatable bonds is 0. The Kier molecular flexibility index (Phi) is 649. The Morgan fingerprint density at radius 3 is 0.175 bits per heavy atom. The summed E-state index contributed by atoms with van der Waals surface area (Å²) in [6.45, 7) is 0. The Labute approximate surface area is 1090 Å². The first kappa shape index (κ1) is 165. The summed E-state index contributed by atoms with van der Waals surface area (Å²) in [5.41, 5.74) is 0. The van der Waals surface area contributed by atoms with Gasteiger partial charge in [0, 0.05) is 0 Å². The molecular formula is C5H30K20O15. The summed E-state index contributed by atoms with van der Waals surface area (Å²) in [5.74, 6) is 0. The molecule has 0 aromatic carbocycles. The van der Waals surface area contributed by atoms with Gasteiger partial charge in [-0.2, -0.15) is 0 Å². The summed E-state index contributed by atoms with van der Waals surface area (Å²) in [7, 11) is 0. The van der Waals surface area contributed by atoms with Crippen LogP contribution >= 0.6 is 0 Å². The van der Waals surface area contributed by atoms with Crippen molar-refractivity contribution < 1.29 is 75.0 Å². The minimum atomic E-state index is -1.83. The average Bonchev–Trinajstić information content (AvgIpc) is 1.94. The van der Waals surface area contributed by atoms with Gasteiger partial charge in [-0.3, -0.25) is 0 Å². The van der Waals surface area contributed by atoms with Gasteiger partial charge in [-0.05, 0) is 0 Å². The van der Waals surface area contributed by atoms with Crippen molar-refractivity contribution in [2.75, 3.05) is 0 Å². The molecule has 160 valence electrons. The Morgan fingerprint density at radius 1 is 0.175 bits per heavy atom. The van der Waals surface area contributed by atoms with Crippen LogP contribution in [0, 0.1) is 0 Å². The van der Waals surface area contributed by atoms with Crippen LogP contribution in [0.25, 0.3) is 0 Å². The van der Waals surface area contributed by atoms with E-state index in [4.69, 9.17) is 75.0 Å². The molecule has 0 unspecified atom stereocenters. The standard InChI is InChI=1S/5CH2O3.20K.20H/c5*2-1(3)4;;;;;;;;;;;;;;;;;;;;;;;;;;;;;;;;;;;;;;;;/h5*(H2,2,3,4);;;;;;;;;;;;;;;;;;;;;;;;;;;;;;;;;;;;;;;;. The molecule has 0 amide bonds. The first-order chi connectivity index (χ1) is 8.66. The Balaban J connectivity index is -0.00000000272. The van der Waals surface area contributed by atoms with Gasteiger partial charge < -0.3 is 51.1 Å². The Hall–Kier alpha value is 29.1. The van der Waals surface area contributed by atoms with E-state index in [9.17, 15) is 0 Å². The summed E-state index contributed by atoms with van der Waals surface area (Å²) in [4.78, 5) is 42.8. The molecule has 0 saturated carbocycles. The van der Waals surface area contributed by atoms with Crippen molar-refractivity contribution in [1.82, 2.24) is 0 Å². The van der Waals surface area contributed by atoms with Gasteiger partial charge in [0.1, 0.15) is 0 Å². The summed E-state index contributed by atoms with van der Waals surface area (Å²) in [6, 6.07) is 0. The molecule has 0 fully saturated rings. The fourth-order valence-electron chi connectivity index (χ4n) is 0.